The molecule has 0 aromatic carbocycles. The predicted molar refractivity (Wildman–Crippen MR) is 73.6 cm³/mol. The highest BCUT2D eigenvalue weighted by atomic mass is 16.5. The second-order valence-corrected chi connectivity index (χ2v) is 6.51. The van der Waals surface area contributed by atoms with Gasteiger partial charge in [-0.2, -0.15) is 0 Å². The summed E-state index contributed by atoms with van der Waals surface area (Å²) in [5.74, 6) is -0.113. The molecular formula is C14H28N2O2. The van der Waals surface area contributed by atoms with Crippen molar-refractivity contribution in [3.63, 3.8) is 0 Å². The molecule has 4 nitrogen and oxygen atoms in total. The lowest BCUT2D eigenvalue weighted by Gasteiger charge is -2.46. The summed E-state index contributed by atoms with van der Waals surface area (Å²) in [4.78, 5) is 11.3. The monoisotopic (exact) mass is 256 g/mol. The fourth-order valence-electron chi connectivity index (χ4n) is 3.08. The first-order valence-corrected chi connectivity index (χ1v) is 6.92. The molecule has 0 saturated carbocycles. The standard InChI is InChI=1S/C14H28N2O2/c1-6-18-12(17)7-8-15-11-9-13(2,3)16-14(4,5)10-11/h11,15-16H,6-10H2,1-5H3. The van der Waals surface area contributed by atoms with Crippen LogP contribution in [0.2, 0.25) is 0 Å². The van der Waals surface area contributed by atoms with Gasteiger partial charge in [0.1, 0.15) is 0 Å². The van der Waals surface area contributed by atoms with Crippen molar-refractivity contribution in [1.82, 2.24) is 10.6 Å². The zero-order valence-electron chi connectivity index (χ0n) is 12.4. The van der Waals surface area contributed by atoms with Crippen molar-refractivity contribution < 1.29 is 9.53 Å². The lowest BCUT2D eigenvalue weighted by atomic mass is 9.79. The Morgan fingerprint density at radius 2 is 1.83 bits per heavy atom. The largest absolute Gasteiger partial charge is 0.466 e. The van der Waals surface area contributed by atoms with Gasteiger partial charge in [-0.05, 0) is 47.5 Å². The van der Waals surface area contributed by atoms with E-state index in [1.807, 2.05) is 6.92 Å². The number of ether oxygens (including phenoxy) is 1. The van der Waals surface area contributed by atoms with E-state index in [1.54, 1.807) is 0 Å². The van der Waals surface area contributed by atoms with Gasteiger partial charge in [0.15, 0.2) is 0 Å². The number of carbonyl (C=O) groups is 1. The first kappa shape index (κ1) is 15.4. The zero-order chi connectivity index (χ0) is 13.8. The highest BCUT2D eigenvalue weighted by Gasteiger charge is 2.37. The summed E-state index contributed by atoms with van der Waals surface area (Å²) in [6.07, 6.45) is 2.62. The minimum atomic E-state index is -0.113. The molecule has 0 amide bonds. The van der Waals surface area contributed by atoms with E-state index in [1.165, 1.54) is 0 Å². The van der Waals surface area contributed by atoms with Crippen LogP contribution in [0.25, 0.3) is 0 Å². The van der Waals surface area contributed by atoms with Crippen LogP contribution in [0.5, 0.6) is 0 Å². The van der Waals surface area contributed by atoms with E-state index >= 15 is 0 Å². The van der Waals surface area contributed by atoms with Crippen molar-refractivity contribution in [3.05, 3.63) is 0 Å². The second kappa shape index (κ2) is 6.02. The van der Waals surface area contributed by atoms with Crippen LogP contribution in [0.1, 0.15) is 53.9 Å². The maximum Gasteiger partial charge on any atom is 0.307 e. The summed E-state index contributed by atoms with van der Waals surface area (Å²) in [5, 5.41) is 7.13. The Morgan fingerprint density at radius 3 is 2.33 bits per heavy atom. The van der Waals surface area contributed by atoms with E-state index in [-0.39, 0.29) is 17.0 Å². The van der Waals surface area contributed by atoms with Crippen molar-refractivity contribution in [3.8, 4) is 0 Å². The van der Waals surface area contributed by atoms with Crippen LogP contribution in [-0.2, 0) is 9.53 Å². The summed E-state index contributed by atoms with van der Waals surface area (Å²) in [7, 11) is 0. The van der Waals surface area contributed by atoms with Crippen molar-refractivity contribution >= 4 is 5.97 Å². The number of esters is 1. The Bertz CT molecular complexity index is 272. The van der Waals surface area contributed by atoms with E-state index in [9.17, 15) is 4.79 Å². The van der Waals surface area contributed by atoms with Gasteiger partial charge >= 0.3 is 5.97 Å². The predicted octanol–water partition coefficient (Wildman–Crippen LogP) is 1.84. The van der Waals surface area contributed by atoms with Crippen LogP contribution in [0.15, 0.2) is 0 Å². The molecule has 0 radical (unpaired) electrons. The fourth-order valence-corrected chi connectivity index (χ4v) is 3.08. The minimum absolute atomic E-state index is 0.113. The maximum absolute atomic E-state index is 11.3. The lowest BCUT2D eigenvalue weighted by molar-refractivity contribution is -0.143. The molecule has 0 aliphatic carbocycles. The highest BCUT2D eigenvalue weighted by molar-refractivity contribution is 5.69. The molecule has 1 aliphatic heterocycles. The third kappa shape index (κ3) is 5.36. The van der Waals surface area contributed by atoms with E-state index < -0.39 is 0 Å². The van der Waals surface area contributed by atoms with Crippen LogP contribution in [-0.4, -0.2) is 36.2 Å². The van der Waals surface area contributed by atoms with Gasteiger partial charge in [0.25, 0.3) is 0 Å². The third-order valence-electron chi connectivity index (χ3n) is 3.26. The Labute approximate surface area is 111 Å². The molecule has 0 aromatic heterocycles. The Kier molecular flexibility index (Phi) is 5.17. The average molecular weight is 256 g/mol. The first-order chi connectivity index (χ1) is 8.24. The average Bonchev–Trinajstić information content (AvgIpc) is 2.12. The van der Waals surface area contributed by atoms with Crippen LogP contribution in [0, 0.1) is 0 Å². The fraction of sp³-hybridized carbons (Fsp3) is 0.929. The van der Waals surface area contributed by atoms with Gasteiger partial charge in [-0.25, -0.2) is 0 Å². The van der Waals surface area contributed by atoms with Crippen LogP contribution < -0.4 is 10.6 Å². The summed E-state index contributed by atoms with van der Waals surface area (Å²) in [5.41, 5.74) is 0.284. The van der Waals surface area contributed by atoms with E-state index in [2.05, 4.69) is 38.3 Å². The molecule has 0 spiro atoms. The molecule has 2 N–H and O–H groups in total. The van der Waals surface area contributed by atoms with Crippen molar-refractivity contribution in [2.24, 2.45) is 0 Å². The molecule has 1 heterocycles. The Morgan fingerprint density at radius 1 is 1.28 bits per heavy atom. The van der Waals surface area contributed by atoms with Gasteiger partial charge < -0.3 is 15.4 Å². The first-order valence-electron chi connectivity index (χ1n) is 6.92. The molecule has 1 aliphatic rings. The SMILES string of the molecule is CCOC(=O)CCNC1CC(C)(C)NC(C)(C)C1. The van der Waals surface area contributed by atoms with Gasteiger partial charge in [0, 0.05) is 23.7 Å². The minimum Gasteiger partial charge on any atom is -0.466 e. The molecule has 0 unspecified atom stereocenters. The highest BCUT2D eigenvalue weighted by Crippen LogP contribution is 2.28. The van der Waals surface area contributed by atoms with Crippen LogP contribution >= 0.6 is 0 Å². The lowest BCUT2D eigenvalue weighted by Crippen LogP contribution is -2.61. The van der Waals surface area contributed by atoms with Gasteiger partial charge in [-0.1, -0.05) is 0 Å². The molecule has 0 atom stereocenters. The van der Waals surface area contributed by atoms with Gasteiger partial charge in [0.2, 0.25) is 0 Å². The van der Waals surface area contributed by atoms with E-state index in [4.69, 9.17) is 4.74 Å². The summed E-state index contributed by atoms with van der Waals surface area (Å²) in [6.45, 7) is 11.9. The Hall–Kier alpha value is -0.610. The quantitative estimate of drug-likeness (QED) is 0.737. The van der Waals surface area contributed by atoms with Gasteiger partial charge in [-0.15, -0.1) is 0 Å². The second-order valence-electron chi connectivity index (χ2n) is 6.51. The molecule has 106 valence electrons. The number of carbonyl (C=O) groups excluding carboxylic acids is 1. The molecule has 1 fully saturated rings. The van der Waals surface area contributed by atoms with Gasteiger partial charge in [-0.3, -0.25) is 4.79 Å². The molecule has 1 saturated heterocycles. The molecular weight excluding hydrogens is 228 g/mol. The zero-order valence-corrected chi connectivity index (χ0v) is 12.4. The van der Waals surface area contributed by atoms with Crippen molar-refractivity contribution in [2.75, 3.05) is 13.2 Å². The number of nitrogens with one attached hydrogen (secondary N) is 2. The molecule has 0 bridgehead atoms. The summed E-state index contributed by atoms with van der Waals surface area (Å²) < 4.78 is 4.92. The normalized spacial score (nSPS) is 22.7. The molecule has 1 rings (SSSR count). The molecule has 4 heteroatoms. The number of rotatable bonds is 5. The van der Waals surface area contributed by atoms with E-state index in [0.717, 1.165) is 12.8 Å². The van der Waals surface area contributed by atoms with Crippen molar-refractivity contribution in [1.29, 1.82) is 0 Å². The summed E-state index contributed by atoms with van der Waals surface area (Å²) in [6, 6.07) is 0.464. The summed E-state index contributed by atoms with van der Waals surface area (Å²) >= 11 is 0. The number of hydrogen-bond donors (Lipinski definition) is 2. The van der Waals surface area contributed by atoms with E-state index in [0.29, 0.717) is 25.6 Å². The topological polar surface area (TPSA) is 50.4 Å². The molecule has 18 heavy (non-hydrogen) atoms. The molecule has 0 aromatic rings. The van der Waals surface area contributed by atoms with Crippen LogP contribution in [0.3, 0.4) is 0 Å². The van der Waals surface area contributed by atoms with Crippen molar-refractivity contribution in [2.45, 2.75) is 71.0 Å². The maximum atomic E-state index is 11.3. The Balaban J connectivity index is 2.36. The number of hydrogen-bond acceptors (Lipinski definition) is 4. The van der Waals surface area contributed by atoms with Crippen LogP contribution in [0.4, 0.5) is 0 Å². The van der Waals surface area contributed by atoms with Gasteiger partial charge in [0.05, 0.1) is 13.0 Å². The third-order valence-corrected chi connectivity index (χ3v) is 3.26. The smallest absolute Gasteiger partial charge is 0.307 e. The number of piperidine rings is 1.